The van der Waals surface area contributed by atoms with Gasteiger partial charge < -0.3 is 5.32 Å². The standard InChI is InChI=1S/C18H18ClNO2/c1-13(21)15-6-8-16(9-7-15)18(22)20-12-2-3-14-4-10-17(19)11-5-14/h4-11H,2-3,12H2,1H3,(H,20,22). The molecule has 0 fully saturated rings. The van der Waals surface area contributed by atoms with E-state index in [-0.39, 0.29) is 11.7 Å². The van der Waals surface area contributed by atoms with Gasteiger partial charge in [-0.25, -0.2) is 0 Å². The zero-order valence-corrected chi connectivity index (χ0v) is 13.2. The summed E-state index contributed by atoms with van der Waals surface area (Å²) in [4.78, 5) is 23.2. The lowest BCUT2D eigenvalue weighted by molar-refractivity contribution is 0.0951. The molecular weight excluding hydrogens is 298 g/mol. The maximum atomic E-state index is 12.0. The van der Waals surface area contributed by atoms with Crippen LogP contribution in [-0.4, -0.2) is 18.2 Å². The molecule has 114 valence electrons. The maximum Gasteiger partial charge on any atom is 0.251 e. The lowest BCUT2D eigenvalue weighted by atomic mass is 10.1. The molecule has 1 amide bonds. The third-order valence-electron chi connectivity index (χ3n) is 3.39. The molecule has 0 heterocycles. The fraction of sp³-hybridized carbons (Fsp3) is 0.222. The Labute approximate surface area is 135 Å². The molecule has 2 aromatic rings. The first kappa shape index (κ1) is 16.2. The first-order valence-electron chi connectivity index (χ1n) is 7.20. The minimum Gasteiger partial charge on any atom is -0.352 e. The van der Waals surface area contributed by atoms with E-state index in [1.165, 1.54) is 12.5 Å². The van der Waals surface area contributed by atoms with Crippen LogP contribution >= 0.6 is 11.6 Å². The van der Waals surface area contributed by atoms with E-state index in [1.54, 1.807) is 24.3 Å². The summed E-state index contributed by atoms with van der Waals surface area (Å²) in [5, 5.41) is 3.61. The normalized spacial score (nSPS) is 10.3. The second-order valence-corrected chi connectivity index (χ2v) is 5.56. The zero-order chi connectivity index (χ0) is 15.9. The average molecular weight is 316 g/mol. The number of hydrogen-bond acceptors (Lipinski definition) is 2. The Morgan fingerprint density at radius 1 is 0.955 bits per heavy atom. The molecule has 0 aromatic heterocycles. The van der Waals surface area contributed by atoms with Crippen molar-refractivity contribution in [1.82, 2.24) is 5.32 Å². The molecule has 0 spiro atoms. The molecule has 0 saturated heterocycles. The number of nitrogens with one attached hydrogen (secondary N) is 1. The lowest BCUT2D eigenvalue weighted by Gasteiger charge is -2.06. The van der Waals surface area contributed by atoms with Crippen LogP contribution in [0.25, 0.3) is 0 Å². The molecule has 0 unspecified atom stereocenters. The van der Waals surface area contributed by atoms with Gasteiger partial charge in [-0.1, -0.05) is 35.9 Å². The van der Waals surface area contributed by atoms with Gasteiger partial charge in [-0.15, -0.1) is 0 Å². The fourth-order valence-electron chi connectivity index (χ4n) is 2.10. The summed E-state index contributed by atoms with van der Waals surface area (Å²) in [6.45, 7) is 2.11. The SMILES string of the molecule is CC(=O)c1ccc(C(=O)NCCCc2ccc(Cl)cc2)cc1. The third kappa shape index (κ3) is 4.71. The molecule has 0 aliphatic carbocycles. The van der Waals surface area contributed by atoms with Crippen molar-refractivity contribution in [2.24, 2.45) is 0 Å². The van der Waals surface area contributed by atoms with Gasteiger partial charge in [0, 0.05) is 22.7 Å². The number of amides is 1. The molecule has 2 aromatic carbocycles. The van der Waals surface area contributed by atoms with E-state index in [9.17, 15) is 9.59 Å². The highest BCUT2D eigenvalue weighted by Crippen LogP contribution is 2.11. The van der Waals surface area contributed by atoms with E-state index >= 15 is 0 Å². The fourth-order valence-corrected chi connectivity index (χ4v) is 2.23. The molecule has 4 heteroatoms. The molecule has 0 radical (unpaired) electrons. The quantitative estimate of drug-likeness (QED) is 0.649. The number of aryl methyl sites for hydroxylation is 1. The van der Waals surface area contributed by atoms with E-state index in [0.717, 1.165) is 17.9 Å². The Morgan fingerprint density at radius 2 is 1.55 bits per heavy atom. The van der Waals surface area contributed by atoms with Crippen LogP contribution in [-0.2, 0) is 6.42 Å². The van der Waals surface area contributed by atoms with Crippen molar-refractivity contribution in [1.29, 1.82) is 0 Å². The highest BCUT2D eigenvalue weighted by molar-refractivity contribution is 6.30. The third-order valence-corrected chi connectivity index (χ3v) is 3.65. The van der Waals surface area contributed by atoms with Crippen LogP contribution in [0.2, 0.25) is 5.02 Å². The highest BCUT2D eigenvalue weighted by atomic mass is 35.5. The molecule has 0 aliphatic heterocycles. The number of ketones is 1. The number of carbonyl (C=O) groups excluding carboxylic acids is 2. The minimum absolute atomic E-state index is 0.00470. The predicted octanol–water partition coefficient (Wildman–Crippen LogP) is 3.91. The Kier molecular flexibility index (Phi) is 5.73. The van der Waals surface area contributed by atoms with E-state index in [2.05, 4.69) is 5.32 Å². The first-order chi connectivity index (χ1) is 10.6. The number of carbonyl (C=O) groups is 2. The van der Waals surface area contributed by atoms with E-state index < -0.39 is 0 Å². The zero-order valence-electron chi connectivity index (χ0n) is 12.4. The van der Waals surface area contributed by atoms with Crippen LogP contribution in [0.1, 0.15) is 39.6 Å². The van der Waals surface area contributed by atoms with Gasteiger partial charge in [0.25, 0.3) is 5.91 Å². The van der Waals surface area contributed by atoms with E-state index in [1.807, 2.05) is 24.3 Å². The van der Waals surface area contributed by atoms with Crippen LogP contribution in [0.15, 0.2) is 48.5 Å². The largest absolute Gasteiger partial charge is 0.352 e. The van der Waals surface area contributed by atoms with Gasteiger partial charge in [0.15, 0.2) is 5.78 Å². The number of Topliss-reactive ketones (excluding diaryl/α,β-unsaturated/α-hetero) is 1. The molecule has 3 nitrogen and oxygen atoms in total. The van der Waals surface area contributed by atoms with E-state index in [4.69, 9.17) is 11.6 Å². The number of rotatable bonds is 6. The lowest BCUT2D eigenvalue weighted by Crippen LogP contribution is -2.24. The summed E-state index contributed by atoms with van der Waals surface area (Å²) in [5.41, 5.74) is 2.38. The van der Waals surface area contributed by atoms with Crippen molar-refractivity contribution in [3.05, 3.63) is 70.2 Å². The monoisotopic (exact) mass is 315 g/mol. The highest BCUT2D eigenvalue weighted by Gasteiger charge is 2.06. The summed E-state index contributed by atoms with van der Waals surface area (Å²) >= 11 is 5.83. The Morgan fingerprint density at radius 3 is 2.14 bits per heavy atom. The second kappa shape index (κ2) is 7.76. The van der Waals surface area contributed by atoms with Gasteiger partial charge >= 0.3 is 0 Å². The summed E-state index contributed by atoms with van der Waals surface area (Å²) in [6.07, 6.45) is 1.75. The van der Waals surface area contributed by atoms with Crippen molar-refractivity contribution in [3.8, 4) is 0 Å². The molecule has 22 heavy (non-hydrogen) atoms. The number of halogens is 1. The Balaban J connectivity index is 1.77. The summed E-state index contributed by atoms with van der Waals surface area (Å²) < 4.78 is 0. The molecule has 0 aliphatic rings. The van der Waals surface area contributed by atoms with Crippen molar-refractivity contribution in [2.75, 3.05) is 6.54 Å². The van der Waals surface area contributed by atoms with Crippen molar-refractivity contribution >= 4 is 23.3 Å². The van der Waals surface area contributed by atoms with Gasteiger partial charge in [0.2, 0.25) is 0 Å². The number of hydrogen-bond donors (Lipinski definition) is 1. The topological polar surface area (TPSA) is 46.2 Å². The smallest absolute Gasteiger partial charge is 0.251 e. The van der Waals surface area contributed by atoms with Crippen molar-refractivity contribution in [3.63, 3.8) is 0 Å². The second-order valence-electron chi connectivity index (χ2n) is 5.12. The summed E-state index contributed by atoms with van der Waals surface area (Å²) in [5.74, 6) is -0.124. The summed E-state index contributed by atoms with van der Waals surface area (Å²) in [7, 11) is 0. The molecule has 0 bridgehead atoms. The van der Waals surface area contributed by atoms with Crippen molar-refractivity contribution in [2.45, 2.75) is 19.8 Å². The van der Waals surface area contributed by atoms with Crippen LogP contribution in [0.4, 0.5) is 0 Å². The Bertz CT molecular complexity index is 648. The predicted molar refractivity (Wildman–Crippen MR) is 88.6 cm³/mol. The van der Waals surface area contributed by atoms with Gasteiger partial charge in [-0.2, -0.15) is 0 Å². The van der Waals surface area contributed by atoms with Gasteiger partial charge in [0.05, 0.1) is 0 Å². The molecule has 2 rings (SSSR count). The van der Waals surface area contributed by atoms with Crippen molar-refractivity contribution < 1.29 is 9.59 Å². The minimum atomic E-state index is -0.119. The van der Waals surface area contributed by atoms with Gasteiger partial charge in [-0.05, 0) is 49.6 Å². The average Bonchev–Trinajstić information content (AvgIpc) is 2.53. The van der Waals surface area contributed by atoms with Crippen LogP contribution in [0.3, 0.4) is 0 Å². The van der Waals surface area contributed by atoms with Crippen LogP contribution in [0, 0.1) is 0 Å². The van der Waals surface area contributed by atoms with Crippen LogP contribution < -0.4 is 5.32 Å². The van der Waals surface area contributed by atoms with E-state index in [0.29, 0.717) is 17.7 Å². The van der Waals surface area contributed by atoms with Gasteiger partial charge in [0.1, 0.15) is 0 Å². The summed E-state index contributed by atoms with van der Waals surface area (Å²) in [6, 6.07) is 14.4. The maximum absolute atomic E-state index is 12.0. The Hall–Kier alpha value is -2.13. The number of benzene rings is 2. The first-order valence-corrected chi connectivity index (χ1v) is 7.58. The van der Waals surface area contributed by atoms with Crippen LogP contribution in [0.5, 0.6) is 0 Å². The molecule has 0 saturated carbocycles. The molecule has 0 atom stereocenters. The molecule has 1 N–H and O–H groups in total. The van der Waals surface area contributed by atoms with Gasteiger partial charge in [-0.3, -0.25) is 9.59 Å². The molecular formula is C18H18ClNO2.